The highest BCUT2D eigenvalue weighted by Gasteiger charge is 2.04. The van der Waals surface area contributed by atoms with Crippen molar-refractivity contribution in [1.82, 2.24) is 15.3 Å². The lowest BCUT2D eigenvalue weighted by atomic mass is 10.2. The maximum Gasteiger partial charge on any atom is 0.188 e. The Balaban J connectivity index is 1.57. The van der Waals surface area contributed by atoms with Gasteiger partial charge in [-0.2, -0.15) is 0 Å². The molecule has 1 heterocycles. The maximum absolute atomic E-state index is 6.21. The van der Waals surface area contributed by atoms with Gasteiger partial charge in [0.05, 0.1) is 11.3 Å². The summed E-state index contributed by atoms with van der Waals surface area (Å²) in [5.41, 5.74) is 7.00. The van der Waals surface area contributed by atoms with Crippen LogP contribution in [0.25, 0.3) is 0 Å². The van der Waals surface area contributed by atoms with Crippen molar-refractivity contribution in [2.75, 3.05) is 18.8 Å². The molecular formula is C16H21ClIN5S. The van der Waals surface area contributed by atoms with E-state index in [1.54, 1.807) is 18.1 Å². The van der Waals surface area contributed by atoms with Crippen LogP contribution in [0, 0.1) is 3.57 Å². The van der Waals surface area contributed by atoms with E-state index in [9.17, 15) is 0 Å². The van der Waals surface area contributed by atoms with Crippen LogP contribution in [0.1, 0.15) is 18.5 Å². The molecule has 1 aromatic heterocycles. The van der Waals surface area contributed by atoms with Crippen LogP contribution in [0.15, 0.2) is 40.6 Å². The first-order chi connectivity index (χ1) is 11.7. The summed E-state index contributed by atoms with van der Waals surface area (Å²) in [5, 5.41) is 3.95. The minimum absolute atomic E-state index is 0.511. The number of halogens is 2. The van der Waals surface area contributed by atoms with E-state index in [2.05, 4.69) is 48.9 Å². The van der Waals surface area contributed by atoms with Gasteiger partial charge >= 0.3 is 0 Å². The van der Waals surface area contributed by atoms with E-state index in [-0.39, 0.29) is 0 Å². The van der Waals surface area contributed by atoms with Gasteiger partial charge in [-0.3, -0.25) is 4.99 Å². The number of benzene rings is 1. The van der Waals surface area contributed by atoms with Gasteiger partial charge in [0.2, 0.25) is 0 Å². The Morgan fingerprint density at radius 2 is 2.29 bits per heavy atom. The second-order valence-electron chi connectivity index (χ2n) is 5.13. The molecule has 0 saturated carbocycles. The third-order valence-corrected chi connectivity index (χ3v) is 6.15. The molecule has 0 bridgehead atoms. The van der Waals surface area contributed by atoms with E-state index >= 15 is 0 Å². The molecule has 0 spiro atoms. The summed E-state index contributed by atoms with van der Waals surface area (Å²) in [6, 6.07) is 5.96. The smallest absolute Gasteiger partial charge is 0.188 e. The summed E-state index contributed by atoms with van der Waals surface area (Å²) in [6.07, 6.45) is 6.44. The van der Waals surface area contributed by atoms with Crippen molar-refractivity contribution >= 4 is 51.9 Å². The fraction of sp³-hybridized carbons (Fsp3) is 0.375. The van der Waals surface area contributed by atoms with Crippen molar-refractivity contribution in [2.24, 2.45) is 10.7 Å². The van der Waals surface area contributed by atoms with Crippen molar-refractivity contribution in [2.45, 2.75) is 24.2 Å². The second kappa shape index (κ2) is 10.8. The van der Waals surface area contributed by atoms with Crippen LogP contribution in [0.3, 0.4) is 0 Å². The molecule has 1 aromatic carbocycles. The Kier molecular flexibility index (Phi) is 8.76. The van der Waals surface area contributed by atoms with E-state index in [0.717, 1.165) is 47.2 Å². The molecule has 0 aliphatic heterocycles. The lowest BCUT2D eigenvalue weighted by Crippen LogP contribution is -2.32. The largest absolute Gasteiger partial charge is 0.370 e. The number of nitrogens with zero attached hydrogens (tertiary/aromatic N) is 2. The fourth-order valence-electron chi connectivity index (χ4n) is 2.03. The number of hydrogen-bond donors (Lipinski definition) is 3. The number of nitrogens with two attached hydrogens (primary N) is 1. The van der Waals surface area contributed by atoms with Crippen molar-refractivity contribution < 1.29 is 0 Å². The molecule has 0 unspecified atom stereocenters. The second-order valence-corrected chi connectivity index (χ2v) is 7.80. The molecule has 8 heteroatoms. The van der Waals surface area contributed by atoms with E-state index in [4.69, 9.17) is 17.3 Å². The molecule has 0 aliphatic rings. The molecule has 0 saturated heterocycles. The van der Waals surface area contributed by atoms with E-state index in [1.807, 2.05) is 18.3 Å². The Hall–Kier alpha value is -0.930. The number of imidazole rings is 1. The first kappa shape index (κ1) is 19.4. The van der Waals surface area contributed by atoms with Crippen LogP contribution in [0.5, 0.6) is 0 Å². The van der Waals surface area contributed by atoms with E-state index < -0.39 is 0 Å². The van der Waals surface area contributed by atoms with Crippen LogP contribution in [-0.4, -0.2) is 34.8 Å². The Labute approximate surface area is 165 Å². The molecule has 2 rings (SSSR count). The van der Waals surface area contributed by atoms with Gasteiger partial charge in [0.25, 0.3) is 0 Å². The van der Waals surface area contributed by atoms with Crippen molar-refractivity contribution in [1.29, 1.82) is 0 Å². The molecule has 0 fully saturated rings. The molecule has 0 amide bonds. The first-order valence-corrected chi connectivity index (χ1v) is 10.2. The highest BCUT2D eigenvalue weighted by molar-refractivity contribution is 14.1. The van der Waals surface area contributed by atoms with Crippen molar-refractivity contribution in [3.8, 4) is 0 Å². The Morgan fingerprint density at radius 1 is 1.42 bits per heavy atom. The molecule has 0 radical (unpaired) electrons. The summed E-state index contributed by atoms with van der Waals surface area (Å²) >= 11 is 10.3. The molecule has 24 heavy (non-hydrogen) atoms. The highest BCUT2D eigenvalue weighted by Crippen LogP contribution is 2.31. The van der Waals surface area contributed by atoms with Crippen molar-refractivity contribution in [3.63, 3.8) is 0 Å². The number of aromatic nitrogens is 2. The molecule has 2 aromatic rings. The molecule has 5 nitrogen and oxygen atoms in total. The third-order valence-electron chi connectivity index (χ3n) is 3.23. The third kappa shape index (κ3) is 6.90. The number of thioether (sulfide) groups is 1. The van der Waals surface area contributed by atoms with Gasteiger partial charge in [0.1, 0.15) is 0 Å². The Bertz CT molecular complexity index is 628. The minimum atomic E-state index is 0.511. The van der Waals surface area contributed by atoms with Gasteiger partial charge in [-0.25, -0.2) is 4.98 Å². The van der Waals surface area contributed by atoms with E-state index in [0.29, 0.717) is 12.5 Å². The topological polar surface area (TPSA) is 79.1 Å². The monoisotopic (exact) mass is 477 g/mol. The average Bonchev–Trinajstić information content (AvgIpc) is 3.07. The molecule has 0 aliphatic carbocycles. The number of aromatic amines is 1. The summed E-state index contributed by atoms with van der Waals surface area (Å²) in [6.45, 7) is 1.52. The zero-order chi connectivity index (χ0) is 17.2. The lowest BCUT2D eigenvalue weighted by Gasteiger charge is -2.07. The number of guanidine groups is 1. The summed E-state index contributed by atoms with van der Waals surface area (Å²) in [7, 11) is 0. The molecular weight excluding hydrogens is 457 g/mol. The van der Waals surface area contributed by atoms with Gasteiger partial charge in [-0.1, -0.05) is 17.7 Å². The molecule has 0 atom stereocenters. The van der Waals surface area contributed by atoms with Gasteiger partial charge in [0.15, 0.2) is 5.96 Å². The van der Waals surface area contributed by atoms with Crippen molar-refractivity contribution in [3.05, 3.63) is 45.0 Å². The van der Waals surface area contributed by atoms with Gasteiger partial charge in [-0.05, 0) is 59.7 Å². The standard InChI is InChI=1S/C16H21ClIN5S/c17-13-5-1-6-14(18)15(13)24-9-3-8-22-16(19)21-7-2-4-12-10-20-11-23-12/h1,5-6,10-11H,2-4,7-9H2,(H,20,23)(H3,19,21,22). The van der Waals surface area contributed by atoms with E-state index in [1.165, 1.54) is 3.57 Å². The summed E-state index contributed by atoms with van der Waals surface area (Å²) in [5.74, 6) is 1.48. The number of aliphatic imine (C=N–C) groups is 1. The number of H-pyrrole nitrogens is 1. The van der Waals surface area contributed by atoms with Gasteiger partial charge in [-0.15, -0.1) is 11.8 Å². The number of aryl methyl sites for hydroxylation is 1. The van der Waals surface area contributed by atoms with Crippen LogP contribution >= 0.6 is 46.0 Å². The number of nitrogens with one attached hydrogen (secondary N) is 2. The normalized spacial score (nSPS) is 11.7. The maximum atomic E-state index is 6.21. The predicted octanol–water partition coefficient (Wildman–Crippen LogP) is 3.69. The zero-order valence-electron chi connectivity index (χ0n) is 13.3. The van der Waals surface area contributed by atoms with Crippen LogP contribution < -0.4 is 11.1 Å². The van der Waals surface area contributed by atoms with Crippen LogP contribution in [0.4, 0.5) is 0 Å². The predicted molar refractivity (Wildman–Crippen MR) is 111 cm³/mol. The highest BCUT2D eigenvalue weighted by atomic mass is 127. The first-order valence-electron chi connectivity index (χ1n) is 7.74. The number of rotatable bonds is 9. The zero-order valence-corrected chi connectivity index (χ0v) is 17.0. The SMILES string of the molecule is NC(=NCCCSc1c(Cl)cccc1I)NCCCc1cnc[nH]1. The van der Waals surface area contributed by atoms with Gasteiger partial charge < -0.3 is 16.0 Å². The average molecular weight is 478 g/mol. The molecule has 4 N–H and O–H groups in total. The van der Waals surface area contributed by atoms with Crippen LogP contribution in [-0.2, 0) is 6.42 Å². The summed E-state index contributed by atoms with van der Waals surface area (Å²) < 4.78 is 1.19. The minimum Gasteiger partial charge on any atom is -0.370 e. The molecule has 130 valence electrons. The quantitative estimate of drug-likeness (QED) is 0.169. The van der Waals surface area contributed by atoms with Gasteiger partial charge in [0, 0.05) is 33.4 Å². The lowest BCUT2D eigenvalue weighted by molar-refractivity contribution is 0.754. The Morgan fingerprint density at radius 3 is 3.04 bits per heavy atom. The fourth-order valence-corrected chi connectivity index (χ4v) is 4.38. The summed E-state index contributed by atoms with van der Waals surface area (Å²) in [4.78, 5) is 12.6. The number of hydrogen-bond acceptors (Lipinski definition) is 3. The van der Waals surface area contributed by atoms with Crippen LogP contribution in [0.2, 0.25) is 5.02 Å².